The van der Waals surface area contributed by atoms with Crippen LogP contribution in [-0.4, -0.2) is 24.4 Å². The second-order valence-corrected chi connectivity index (χ2v) is 6.42. The molecule has 2 amide bonds. The summed E-state index contributed by atoms with van der Waals surface area (Å²) in [6, 6.07) is 15.0. The maximum Gasteiger partial charge on any atom is 0.246 e. The molecule has 1 heterocycles. The normalized spacial score (nSPS) is 15.1. The van der Waals surface area contributed by atoms with Gasteiger partial charge >= 0.3 is 0 Å². The Morgan fingerprint density at radius 2 is 1.88 bits per heavy atom. The Bertz CT molecular complexity index is 771. The Morgan fingerprint density at radius 3 is 2.52 bits per heavy atom. The van der Waals surface area contributed by atoms with E-state index in [1.54, 1.807) is 4.90 Å². The summed E-state index contributed by atoms with van der Waals surface area (Å²) < 4.78 is 0. The van der Waals surface area contributed by atoms with Gasteiger partial charge in [0.15, 0.2) is 0 Å². The summed E-state index contributed by atoms with van der Waals surface area (Å²) in [5.74, 6) is 0.0796. The molecule has 25 heavy (non-hydrogen) atoms. The second kappa shape index (κ2) is 7.38. The molecular weight excluding hydrogens is 314 g/mol. The van der Waals surface area contributed by atoms with Crippen molar-refractivity contribution < 1.29 is 9.59 Å². The van der Waals surface area contributed by atoms with E-state index in [1.807, 2.05) is 62.4 Å². The first-order chi connectivity index (χ1) is 12.0. The third-order valence-corrected chi connectivity index (χ3v) is 4.31. The zero-order valence-corrected chi connectivity index (χ0v) is 14.6. The second-order valence-electron chi connectivity index (χ2n) is 6.42. The molecule has 1 aliphatic rings. The fourth-order valence-corrected chi connectivity index (χ4v) is 2.95. The smallest absolute Gasteiger partial charge is 0.246 e. The lowest BCUT2D eigenvalue weighted by Crippen LogP contribution is -2.31. The number of hydrogen-bond donors (Lipinski definition) is 2. The van der Waals surface area contributed by atoms with Gasteiger partial charge in [0, 0.05) is 30.0 Å². The van der Waals surface area contributed by atoms with Crippen LogP contribution in [0.15, 0.2) is 48.5 Å². The predicted molar refractivity (Wildman–Crippen MR) is 101 cm³/mol. The molecule has 1 aliphatic heterocycles. The number of anilines is 3. The summed E-state index contributed by atoms with van der Waals surface area (Å²) in [4.78, 5) is 25.9. The first kappa shape index (κ1) is 17.0. The van der Waals surface area contributed by atoms with Crippen LogP contribution in [-0.2, 0) is 9.59 Å². The van der Waals surface area contributed by atoms with Crippen molar-refractivity contribution >= 4 is 28.9 Å². The summed E-state index contributed by atoms with van der Waals surface area (Å²) >= 11 is 0. The van der Waals surface area contributed by atoms with Gasteiger partial charge in [-0.2, -0.15) is 0 Å². The van der Waals surface area contributed by atoms with E-state index in [4.69, 9.17) is 0 Å². The van der Waals surface area contributed by atoms with E-state index in [1.165, 1.54) is 0 Å². The van der Waals surface area contributed by atoms with Crippen molar-refractivity contribution in [3.63, 3.8) is 0 Å². The molecule has 0 radical (unpaired) electrons. The Balaban J connectivity index is 1.59. The first-order valence-electron chi connectivity index (χ1n) is 8.57. The van der Waals surface area contributed by atoms with E-state index in [2.05, 4.69) is 10.6 Å². The van der Waals surface area contributed by atoms with Crippen molar-refractivity contribution in [3.05, 3.63) is 54.1 Å². The minimum absolute atomic E-state index is 0.0932. The van der Waals surface area contributed by atoms with Gasteiger partial charge in [0.2, 0.25) is 11.8 Å². The molecule has 2 aromatic carbocycles. The van der Waals surface area contributed by atoms with Crippen molar-refractivity contribution in [1.29, 1.82) is 0 Å². The summed E-state index contributed by atoms with van der Waals surface area (Å²) in [5, 5.41) is 6.10. The van der Waals surface area contributed by atoms with E-state index in [0.717, 1.165) is 35.6 Å². The third-order valence-electron chi connectivity index (χ3n) is 4.31. The van der Waals surface area contributed by atoms with Gasteiger partial charge in [0.1, 0.15) is 6.04 Å². The Labute approximate surface area is 148 Å². The highest BCUT2D eigenvalue weighted by molar-refractivity contribution is 5.97. The van der Waals surface area contributed by atoms with Crippen LogP contribution < -0.4 is 15.5 Å². The number of rotatable bonds is 5. The van der Waals surface area contributed by atoms with Crippen LogP contribution in [0.4, 0.5) is 17.1 Å². The Kier molecular flexibility index (Phi) is 5.03. The Hall–Kier alpha value is -2.82. The molecule has 0 aliphatic carbocycles. The fourth-order valence-electron chi connectivity index (χ4n) is 2.95. The van der Waals surface area contributed by atoms with Gasteiger partial charge in [-0.15, -0.1) is 0 Å². The third kappa shape index (κ3) is 4.18. The van der Waals surface area contributed by atoms with Crippen LogP contribution >= 0.6 is 0 Å². The van der Waals surface area contributed by atoms with Crippen LogP contribution in [0.25, 0.3) is 0 Å². The molecule has 5 nitrogen and oxygen atoms in total. The van der Waals surface area contributed by atoms with E-state index >= 15 is 0 Å². The highest BCUT2D eigenvalue weighted by Crippen LogP contribution is 2.23. The van der Waals surface area contributed by atoms with Gasteiger partial charge in [-0.25, -0.2) is 0 Å². The summed E-state index contributed by atoms with van der Waals surface area (Å²) in [6.45, 7) is 4.59. The first-order valence-corrected chi connectivity index (χ1v) is 8.57. The molecule has 1 fully saturated rings. The van der Waals surface area contributed by atoms with Gasteiger partial charge in [-0.3, -0.25) is 9.59 Å². The fraction of sp³-hybridized carbons (Fsp3) is 0.300. The van der Waals surface area contributed by atoms with E-state index in [-0.39, 0.29) is 17.9 Å². The van der Waals surface area contributed by atoms with E-state index in [9.17, 15) is 9.59 Å². The average Bonchev–Trinajstić information content (AvgIpc) is 3.01. The van der Waals surface area contributed by atoms with Crippen molar-refractivity contribution in [2.24, 2.45) is 0 Å². The number of nitrogens with zero attached hydrogens (tertiary/aromatic N) is 1. The van der Waals surface area contributed by atoms with Crippen molar-refractivity contribution in [1.82, 2.24) is 0 Å². The van der Waals surface area contributed by atoms with Crippen molar-refractivity contribution in [3.8, 4) is 0 Å². The molecule has 130 valence electrons. The lowest BCUT2D eigenvalue weighted by atomic mass is 10.2. The van der Waals surface area contributed by atoms with Gasteiger partial charge in [0.05, 0.1) is 0 Å². The number of nitrogens with one attached hydrogen (secondary N) is 2. The molecule has 3 rings (SSSR count). The van der Waals surface area contributed by atoms with Gasteiger partial charge in [0.25, 0.3) is 0 Å². The number of hydrogen-bond acceptors (Lipinski definition) is 3. The quantitative estimate of drug-likeness (QED) is 0.877. The van der Waals surface area contributed by atoms with Crippen LogP contribution in [0.1, 0.15) is 25.3 Å². The van der Waals surface area contributed by atoms with Crippen molar-refractivity contribution in [2.75, 3.05) is 22.1 Å². The minimum Gasteiger partial charge on any atom is -0.374 e. The van der Waals surface area contributed by atoms with Crippen LogP contribution in [0.2, 0.25) is 0 Å². The molecule has 0 saturated carbocycles. The molecule has 1 saturated heterocycles. The highest BCUT2D eigenvalue weighted by Gasteiger charge is 2.21. The number of aryl methyl sites for hydroxylation is 1. The highest BCUT2D eigenvalue weighted by atomic mass is 16.2. The molecule has 2 aromatic rings. The molecule has 0 spiro atoms. The van der Waals surface area contributed by atoms with Gasteiger partial charge < -0.3 is 15.5 Å². The predicted octanol–water partition coefficient (Wildman–Crippen LogP) is 3.56. The molecular formula is C20H23N3O2. The number of carbonyl (C=O) groups is 2. The van der Waals surface area contributed by atoms with Crippen molar-refractivity contribution in [2.45, 2.75) is 32.7 Å². The lowest BCUT2D eigenvalue weighted by molar-refractivity contribution is -0.117. The van der Waals surface area contributed by atoms with E-state index < -0.39 is 0 Å². The molecule has 0 aromatic heterocycles. The molecule has 2 N–H and O–H groups in total. The minimum atomic E-state index is -0.375. The Morgan fingerprint density at radius 1 is 1.12 bits per heavy atom. The largest absolute Gasteiger partial charge is 0.374 e. The van der Waals surface area contributed by atoms with Crippen LogP contribution in [0.3, 0.4) is 0 Å². The van der Waals surface area contributed by atoms with E-state index in [0.29, 0.717) is 6.42 Å². The summed E-state index contributed by atoms with van der Waals surface area (Å²) in [5.41, 5.74) is 3.65. The monoisotopic (exact) mass is 337 g/mol. The molecule has 1 unspecified atom stereocenters. The molecule has 0 bridgehead atoms. The van der Waals surface area contributed by atoms with Gasteiger partial charge in [-0.05, 0) is 62.2 Å². The maximum atomic E-state index is 12.3. The number of benzene rings is 2. The van der Waals surface area contributed by atoms with Crippen LogP contribution in [0.5, 0.6) is 0 Å². The molecule has 1 atom stereocenters. The van der Waals surface area contributed by atoms with Crippen LogP contribution in [0, 0.1) is 6.92 Å². The zero-order chi connectivity index (χ0) is 17.8. The number of amides is 2. The summed E-state index contributed by atoms with van der Waals surface area (Å²) in [6.07, 6.45) is 1.53. The lowest BCUT2D eigenvalue weighted by Gasteiger charge is -2.18. The summed E-state index contributed by atoms with van der Waals surface area (Å²) in [7, 11) is 0. The maximum absolute atomic E-state index is 12.3. The standard InChI is InChI=1S/C20H23N3O2/c1-14-5-3-6-17(13-14)22-20(25)15(2)21-16-8-10-18(11-9-16)23-12-4-7-19(23)24/h3,5-6,8-11,13,15,21H,4,7,12H2,1-2H3,(H,22,25). The average molecular weight is 337 g/mol. The SMILES string of the molecule is Cc1cccc(NC(=O)C(C)Nc2ccc(N3CCCC3=O)cc2)c1. The topological polar surface area (TPSA) is 61.4 Å². The van der Waals surface area contributed by atoms with Gasteiger partial charge in [-0.1, -0.05) is 12.1 Å². The number of carbonyl (C=O) groups excluding carboxylic acids is 2. The zero-order valence-electron chi connectivity index (χ0n) is 14.6. The molecule has 5 heteroatoms.